The SMILES string of the molecule is CCOc1cc(-c2nc(-c3ccc(CN(C)C)cc3)no2)ccc1C.CCOc1cc(-c2nc(C3CCN(C(=O)OC(C)(C)C)CC3)no2)ccc1C.FC(F)(F)c1cc(-c2nc(-c3ccc(CN4CCCC4)cc3)no2)ccc1-c1ccccc1.FC(F)(F)c1cc(-c2nc(-c3ccncc3)no2)ccc1Cl. The highest BCUT2D eigenvalue weighted by molar-refractivity contribution is 6.31. The lowest BCUT2D eigenvalue weighted by molar-refractivity contribution is -0.138. The van der Waals surface area contributed by atoms with Crippen molar-refractivity contribution in [2.45, 2.75) is 111 Å². The Morgan fingerprint density at radius 2 is 0.963 bits per heavy atom. The van der Waals surface area contributed by atoms with E-state index in [1.165, 1.54) is 36.1 Å². The third kappa shape index (κ3) is 20.7. The number of hydrogen-bond donors (Lipinski definition) is 0. The van der Waals surface area contributed by atoms with Crippen molar-refractivity contribution in [2.75, 3.05) is 53.5 Å². The lowest BCUT2D eigenvalue weighted by Gasteiger charge is -2.32. The van der Waals surface area contributed by atoms with Crippen LogP contribution in [0.5, 0.6) is 11.5 Å². The van der Waals surface area contributed by atoms with Crippen LogP contribution < -0.4 is 9.47 Å². The molecule has 0 N–H and O–H groups in total. The second-order valence-electron chi connectivity index (χ2n) is 27.0. The number of halogens is 7. The van der Waals surface area contributed by atoms with E-state index in [0.717, 1.165) is 102 Å². The van der Waals surface area contributed by atoms with Gasteiger partial charge in [0.1, 0.15) is 17.1 Å². The van der Waals surface area contributed by atoms with Crippen molar-refractivity contribution < 1.29 is 63.4 Å². The summed E-state index contributed by atoms with van der Waals surface area (Å²) in [5.74, 6) is 4.75. The number of amides is 1. The second-order valence-corrected chi connectivity index (χ2v) is 27.4. The molecule has 0 aliphatic carbocycles. The lowest BCUT2D eigenvalue weighted by atomic mass is 9.96. The van der Waals surface area contributed by atoms with Crippen molar-refractivity contribution in [1.82, 2.24) is 60.2 Å². The molecule has 0 saturated carbocycles. The fourth-order valence-electron chi connectivity index (χ4n) is 11.9. The van der Waals surface area contributed by atoms with Crippen LogP contribution in [0.4, 0.5) is 31.1 Å². The van der Waals surface area contributed by atoms with Crippen molar-refractivity contribution in [3.05, 3.63) is 220 Å². The molecule has 0 atom stereocenters. The summed E-state index contributed by atoms with van der Waals surface area (Å²) in [6.07, 6.45) is -2.17. The fourth-order valence-corrected chi connectivity index (χ4v) is 12.1. The Bertz CT molecular complexity index is 4920. The summed E-state index contributed by atoms with van der Waals surface area (Å²) < 4.78 is 118. The molecular weight excluding hydrogens is 1420 g/mol. The van der Waals surface area contributed by atoms with Crippen LogP contribution in [0.2, 0.25) is 5.02 Å². The first-order valence-electron chi connectivity index (χ1n) is 35.2. The zero-order valence-corrected chi connectivity index (χ0v) is 61.8. The van der Waals surface area contributed by atoms with Crippen molar-refractivity contribution in [2.24, 2.45) is 0 Å². The van der Waals surface area contributed by atoms with Gasteiger partial charge in [0.2, 0.25) is 17.5 Å². The summed E-state index contributed by atoms with van der Waals surface area (Å²) in [4.78, 5) is 39.9. The number of carbonyl (C=O) groups is 1. The minimum atomic E-state index is -4.55. The standard InChI is InChI=1S/C26H22F3N3O.C21H29N3O4.C20H23N3O2.C14H7ClF3N3O/c27-26(28,29)23-16-21(12-13-22(23)19-6-2-1-3-7-19)25-30-24(31-33-25)20-10-8-18(9-11-20)17-32-14-4-5-15-32;1-6-26-17-13-16(8-7-14(17)2)19-22-18(23-28-19)15-9-11-24(12-10-15)20(25)27-21(3,4)5;1-5-24-18-12-17(9-6-14(18)2)20-21-19(22-25-20)16-10-7-15(8-11-16)13-23(3)4;15-11-2-1-9(7-10(11)14(16,17)18)13-20-12(21-22-13)8-3-5-19-6-4-8/h1-3,6-13,16H,4-5,14-15,17H2;7-8,13,15H,6,9-12H2,1-5H3;6-12H,5,13H2,1-4H3;1-7H. The Kier molecular flexibility index (Phi) is 25.3. The van der Waals surface area contributed by atoms with Gasteiger partial charge in [-0.05, 0) is 201 Å². The molecule has 108 heavy (non-hydrogen) atoms. The number of ether oxygens (including phenoxy) is 3. The molecule has 2 fully saturated rings. The van der Waals surface area contributed by atoms with Crippen LogP contribution in [0.3, 0.4) is 0 Å². The van der Waals surface area contributed by atoms with Crippen LogP contribution in [-0.2, 0) is 30.2 Å². The van der Waals surface area contributed by atoms with Crippen LogP contribution in [0.25, 0.3) is 91.1 Å². The summed E-state index contributed by atoms with van der Waals surface area (Å²) in [5.41, 5.74) is 7.47. The molecule has 27 heteroatoms. The van der Waals surface area contributed by atoms with E-state index in [1.807, 2.05) is 121 Å². The Balaban J connectivity index is 0.000000145. The van der Waals surface area contributed by atoms with E-state index < -0.39 is 29.1 Å². The summed E-state index contributed by atoms with van der Waals surface area (Å²) in [5, 5.41) is 15.7. The molecule has 12 aromatic rings. The summed E-state index contributed by atoms with van der Waals surface area (Å²) in [7, 11) is 4.11. The smallest absolute Gasteiger partial charge is 0.417 e. The van der Waals surface area contributed by atoms with E-state index in [0.29, 0.717) is 66.7 Å². The first-order chi connectivity index (χ1) is 51.7. The molecular formula is C81H81ClF6N12O8. The molecule has 7 aromatic carbocycles. The van der Waals surface area contributed by atoms with Crippen molar-refractivity contribution >= 4 is 17.7 Å². The van der Waals surface area contributed by atoms with Crippen molar-refractivity contribution in [3.8, 4) is 103 Å². The quantitative estimate of drug-likeness (QED) is 0.0773. The topological polar surface area (TPSA) is 223 Å². The highest BCUT2D eigenvalue weighted by Gasteiger charge is 2.36. The van der Waals surface area contributed by atoms with E-state index >= 15 is 0 Å². The Hall–Kier alpha value is -11.1. The largest absolute Gasteiger partial charge is 0.494 e. The summed E-state index contributed by atoms with van der Waals surface area (Å²) >= 11 is 5.58. The number of piperidine rings is 1. The molecule has 1 amide bonds. The van der Waals surface area contributed by atoms with Crippen molar-refractivity contribution in [1.29, 1.82) is 0 Å². The van der Waals surface area contributed by atoms with Gasteiger partial charge in [-0.2, -0.15) is 46.3 Å². The highest BCUT2D eigenvalue weighted by Crippen LogP contribution is 2.41. The van der Waals surface area contributed by atoms with Gasteiger partial charge in [0.15, 0.2) is 5.82 Å². The van der Waals surface area contributed by atoms with Crippen LogP contribution in [0.15, 0.2) is 194 Å². The van der Waals surface area contributed by atoms with E-state index in [-0.39, 0.29) is 51.3 Å². The molecule has 7 heterocycles. The zero-order valence-electron chi connectivity index (χ0n) is 61.1. The van der Waals surface area contributed by atoms with Crippen LogP contribution in [0, 0.1) is 13.8 Å². The molecule has 2 aliphatic heterocycles. The average molecular weight is 1500 g/mol. The molecule has 20 nitrogen and oxygen atoms in total. The predicted octanol–water partition coefficient (Wildman–Crippen LogP) is 19.9. The monoisotopic (exact) mass is 1500 g/mol. The maximum atomic E-state index is 13.8. The van der Waals surface area contributed by atoms with E-state index in [4.69, 9.17) is 43.9 Å². The predicted molar refractivity (Wildman–Crippen MR) is 397 cm³/mol. The second kappa shape index (κ2) is 35.1. The molecule has 5 aromatic heterocycles. The molecule has 0 spiro atoms. The number of benzene rings is 7. The Labute approximate surface area is 626 Å². The van der Waals surface area contributed by atoms with Crippen LogP contribution in [-0.4, -0.2) is 125 Å². The summed E-state index contributed by atoms with van der Waals surface area (Å²) in [6.45, 7) is 20.1. The number of hydrogen-bond acceptors (Lipinski definition) is 19. The van der Waals surface area contributed by atoms with Gasteiger partial charge in [-0.15, -0.1) is 0 Å². The van der Waals surface area contributed by atoms with Gasteiger partial charge in [-0.25, -0.2) is 4.79 Å². The zero-order chi connectivity index (χ0) is 76.7. The number of likely N-dealkylation sites (tertiary alicyclic amines) is 2. The van der Waals surface area contributed by atoms with Crippen LogP contribution >= 0.6 is 11.6 Å². The van der Waals surface area contributed by atoms with Crippen molar-refractivity contribution in [3.63, 3.8) is 0 Å². The molecule has 0 unspecified atom stereocenters. The van der Waals surface area contributed by atoms with Gasteiger partial charge in [0.05, 0.1) is 29.4 Å². The van der Waals surface area contributed by atoms with Gasteiger partial charge >= 0.3 is 18.4 Å². The molecule has 2 saturated heterocycles. The third-order valence-electron chi connectivity index (χ3n) is 17.3. The molecule has 14 rings (SSSR count). The summed E-state index contributed by atoms with van der Waals surface area (Å²) in [6, 6.07) is 47.2. The van der Waals surface area contributed by atoms with Gasteiger partial charge in [-0.3, -0.25) is 9.88 Å². The van der Waals surface area contributed by atoms with Gasteiger partial charge < -0.3 is 42.1 Å². The molecule has 2 aliphatic rings. The maximum absolute atomic E-state index is 13.8. The number of alkyl halides is 6. The first-order valence-corrected chi connectivity index (χ1v) is 35.5. The highest BCUT2D eigenvalue weighted by atomic mass is 35.5. The van der Waals surface area contributed by atoms with Gasteiger partial charge in [0, 0.05) is 83.4 Å². The molecule has 0 radical (unpaired) electrons. The lowest BCUT2D eigenvalue weighted by Crippen LogP contribution is -2.41. The molecule has 0 bridgehead atoms. The number of aromatic nitrogens is 9. The number of pyridine rings is 1. The Morgan fingerprint density at radius 3 is 1.45 bits per heavy atom. The average Bonchev–Trinajstić information content (AvgIpc) is 1.18. The minimum Gasteiger partial charge on any atom is -0.494 e. The fraction of sp³-hybridized carbons (Fsp3) is 0.309. The van der Waals surface area contributed by atoms with Gasteiger partial charge in [0.25, 0.3) is 23.6 Å². The number of rotatable bonds is 17. The van der Waals surface area contributed by atoms with E-state index in [1.54, 1.807) is 65.8 Å². The number of nitrogens with zero attached hydrogens (tertiary/aromatic N) is 12. The third-order valence-corrected chi connectivity index (χ3v) is 17.7. The maximum Gasteiger partial charge on any atom is 0.417 e. The normalized spacial score (nSPS) is 13.4. The van der Waals surface area contributed by atoms with E-state index in [9.17, 15) is 31.1 Å². The van der Waals surface area contributed by atoms with Gasteiger partial charge in [-0.1, -0.05) is 129 Å². The Morgan fingerprint density at radius 1 is 0.519 bits per heavy atom. The first kappa shape index (κ1) is 78.0. The minimum absolute atomic E-state index is 0.0195. The number of aryl methyl sites for hydroxylation is 2. The number of carbonyl (C=O) groups excluding carboxylic acids is 1. The van der Waals surface area contributed by atoms with E-state index in [2.05, 4.69) is 81.6 Å². The molecule has 562 valence electrons. The van der Waals surface area contributed by atoms with Crippen LogP contribution in [0.1, 0.15) is 105 Å².